The van der Waals surface area contributed by atoms with Crippen molar-refractivity contribution < 1.29 is 0 Å². The van der Waals surface area contributed by atoms with Crippen molar-refractivity contribution in [3.63, 3.8) is 0 Å². The highest BCUT2D eigenvalue weighted by Crippen LogP contribution is 2.26. The summed E-state index contributed by atoms with van der Waals surface area (Å²) >= 11 is 15.8. The fraction of sp³-hybridized carbons (Fsp3) is 0.294. The van der Waals surface area contributed by atoms with Gasteiger partial charge in [0.2, 0.25) is 0 Å². The van der Waals surface area contributed by atoms with Gasteiger partial charge in [0.05, 0.1) is 0 Å². The van der Waals surface area contributed by atoms with E-state index >= 15 is 0 Å². The molecular formula is C17H18BrCl2N. The minimum absolute atomic E-state index is 0.221. The quantitative estimate of drug-likeness (QED) is 0.638. The molecule has 2 rings (SSSR count). The third-order valence-corrected chi connectivity index (χ3v) is 4.17. The summed E-state index contributed by atoms with van der Waals surface area (Å²) in [5.74, 6) is 0. The van der Waals surface area contributed by atoms with Crippen LogP contribution in [0.15, 0.2) is 46.9 Å². The number of rotatable bonds is 6. The standard InChI is InChI=1S/C17H18BrCl2N/c1-2-6-21-17(8-12-4-3-5-15(19)7-12)13-9-14(18)11-16(20)10-13/h3-5,7,9-11,17,21H,2,6,8H2,1H3. The van der Waals surface area contributed by atoms with Crippen LogP contribution in [-0.2, 0) is 6.42 Å². The zero-order valence-electron chi connectivity index (χ0n) is 11.9. The van der Waals surface area contributed by atoms with Crippen molar-refractivity contribution in [2.24, 2.45) is 0 Å². The zero-order chi connectivity index (χ0) is 15.2. The summed E-state index contributed by atoms with van der Waals surface area (Å²) in [6.45, 7) is 3.13. The average Bonchev–Trinajstić information content (AvgIpc) is 2.42. The van der Waals surface area contributed by atoms with Crippen molar-refractivity contribution >= 4 is 39.1 Å². The van der Waals surface area contributed by atoms with Gasteiger partial charge in [-0.15, -0.1) is 0 Å². The lowest BCUT2D eigenvalue weighted by Crippen LogP contribution is -2.24. The van der Waals surface area contributed by atoms with Crippen molar-refractivity contribution in [2.75, 3.05) is 6.54 Å². The number of benzene rings is 2. The van der Waals surface area contributed by atoms with Crippen LogP contribution in [0.5, 0.6) is 0 Å². The Kier molecular flexibility index (Phi) is 6.56. The summed E-state index contributed by atoms with van der Waals surface area (Å²) in [6, 6.07) is 14.3. The van der Waals surface area contributed by atoms with E-state index in [0.29, 0.717) is 0 Å². The van der Waals surface area contributed by atoms with Crippen LogP contribution in [0.4, 0.5) is 0 Å². The molecule has 0 radical (unpaired) electrons. The van der Waals surface area contributed by atoms with Gasteiger partial charge in [0.1, 0.15) is 0 Å². The van der Waals surface area contributed by atoms with Gasteiger partial charge in [-0.25, -0.2) is 0 Å². The maximum absolute atomic E-state index is 6.18. The van der Waals surface area contributed by atoms with E-state index in [1.54, 1.807) is 0 Å². The van der Waals surface area contributed by atoms with Crippen LogP contribution in [0.2, 0.25) is 10.0 Å². The topological polar surface area (TPSA) is 12.0 Å². The van der Waals surface area contributed by atoms with Gasteiger partial charge in [-0.05, 0) is 60.8 Å². The maximum atomic E-state index is 6.18. The number of hydrogen-bond donors (Lipinski definition) is 1. The normalized spacial score (nSPS) is 12.4. The number of hydrogen-bond acceptors (Lipinski definition) is 1. The van der Waals surface area contributed by atoms with Crippen molar-refractivity contribution in [2.45, 2.75) is 25.8 Å². The molecule has 0 saturated carbocycles. The molecule has 0 aliphatic rings. The first-order valence-corrected chi connectivity index (χ1v) is 8.57. The molecule has 2 aromatic rings. The molecule has 0 heterocycles. The second-order valence-electron chi connectivity index (χ2n) is 5.04. The Labute approximate surface area is 144 Å². The lowest BCUT2D eigenvalue weighted by atomic mass is 9.98. The molecule has 0 fully saturated rings. The van der Waals surface area contributed by atoms with Crippen molar-refractivity contribution in [1.82, 2.24) is 5.32 Å². The van der Waals surface area contributed by atoms with Crippen LogP contribution >= 0.6 is 39.1 Å². The van der Waals surface area contributed by atoms with Crippen LogP contribution in [0.1, 0.15) is 30.5 Å². The first-order chi connectivity index (χ1) is 10.1. The van der Waals surface area contributed by atoms with Gasteiger partial charge in [0, 0.05) is 20.6 Å². The third kappa shape index (κ3) is 5.30. The molecule has 112 valence electrons. The summed E-state index contributed by atoms with van der Waals surface area (Å²) in [6.07, 6.45) is 1.97. The predicted molar refractivity (Wildman–Crippen MR) is 95.3 cm³/mol. The van der Waals surface area contributed by atoms with Gasteiger partial charge in [0.15, 0.2) is 0 Å². The third-order valence-electron chi connectivity index (χ3n) is 3.26. The Hall–Kier alpha value is -0.540. The fourth-order valence-corrected chi connectivity index (χ4v) is 3.40. The van der Waals surface area contributed by atoms with Gasteiger partial charge >= 0.3 is 0 Å². The molecule has 2 aromatic carbocycles. The summed E-state index contributed by atoms with van der Waals surface area (Å²) in [5, 5.41) is 5.10. The largest absolute Gasteiger partial charge is 0.310 e. The van der Waals surface area contributed by atoms with E-state index < -0.39 is 0 Å². The van der Waals surface area contributed by atoms with Gasteiger partial charge in [-0.2, -0.15) is 0 Å². The van der Waals surface area contributed by atoms with Crippen LogP contribution in [0.25, 0.3) is 0 Å². The molecule has 1 unspecified atom stereocenters. The fourth-order valence-electron chi connectivity index (χ4n) is 2.30. The van der Waals surface area contributed by atoms with Crippen molar-refractivity contribution in [3.05, 3.63) is 68.1 Å². The van der Waals surface area contributed by atoms with E-state index in [1.807, 2.05) is 30.3 Å². The maximum Gasteiger partial charge on any atom is 0.0420 e. The lowest BCUT2D eigenvalue weighted by molar-refractivity contribution is 0.529. The van der Waals surface area contributed by atoms with E-state index in [2.05, 4.69) is 40.3 Å². The van der Waals surface area contributed by atoms with E-state index in [1.165, 1.54) is 11.1 Å². The molecule has 0 aliphatic heterocycles. The molecule has 0 amide bonds. The van der Waals surface area contributed by atoms with Crippen molar-refractivity contribution in [3.8, 4) is 0 Å². The molecule has 0 aliphatic carbocycles. The van der Waals surface area contributed by atoms with Gasteiger partial charge in [0.25, 0.3) is 0 Å². The second kappa shape index (κ2) is 8.19. The zero-order valence-corrected chi connectivity index (χ0v) is 15.0. The first kappa shape index (κ1) is 16.8. The average molecular weight is 387 g/mol. The molecule has 0 saturated heterocycles. The Morgan fingerprint density at radius 1 is 1.10 bits per heavy atom. The summed E-state index contributed by atoms with van der Waals surface area (Å²) in [7, 11) is 0. The molecular weight excluding hydrogens is 369 g/mol. The number of halogens is 3. The smallest absolute Gasteiger partial charge is 0.0420 e. The van der Waals surface area contributed by atoms with E-state index in [0.717, 1.165) is 33.9 Å². The molecule has 1 N–H and O–H groups in total. The van der Waals surface area contributed by atoms with Gasteiger partial charge < -0.3 is 5.32 Å². The van der Waals surface area contributed by atoms with Crippen LogP contribution in [0.3, 0.4) is 0 Å². The minimum atomic E-state index is 0.221. The molecule has 1 atom stereocenters. The van der Waals surface area contributed by atoms with Crippen molar-refractivity contribution in [1.29, 1.82) is 0 Å². The summed E-state index contributed by atoms with van der Waals surface area (Å²) < 4.78 is 0.999. The lowest BCUT2D eigenvalue weighted by Gasteiger charge is -2.20. The summed E-state index contributed by atoms with van der Waals surface area (Å²) in [4.78, 5) is 0. The molecule has 0 bridgehead atoms. The van der Waals surface area contributed by atoms with Crippen LogP contribution < -0.4 is 5.32 Å². The molecule has 1 nitrogen and oxygen atoms in total. The van der Waals surface area contributed by atoms with Gasteiger partial charge in [-0.1, -0.05) is 58.2 Å². The van der Waals surface area contributed by atoms with Crippen LogP contribution in [-0.4, -0.2) is 6.54 Å². The highest BCUT2D eigenvalue weighted by atomic mass is 79.9. The minimum Gasteiger partial charge on any atom is -0.310 e. The van der Waals surface area contributed by atoms with E-state index in [-0.39, 0.29) is 6.04 Å². The van der Waals surface area contributed by atoms with E-state index in [4.69, 9.17) is 23.2 Å². The SMILES string of the molecule is CCCNC(Cc1cccc(Cl)c1)c1cc(Cl)cc(Br)c1. The Morgan fingerprint density at radius 2 is 1.90 bits per heavy atom. The Balaban J connectivity index is 2.25. The number of nitrogens with one attached hydrogen (secondary N) is 1. The molecule has 21 heavy (non-hydrogen) atoms. The Morgan fingerprint density at radius 3 is 2.57 bits per heavy atom. The highest BCUT2D eigenvalue weighted by Gasteiger charge is 2.13. The molecule has 4 heteroatoms. The van der Waals surface area contributed by atoms with Gasteiger partial charge in [-0.3, -0.25) is 0 Å². The second-order valence-corrected chi connectivity index (χ2v) is 6.83. The highest BCUT2D eigenvalue weighted by molar-refractivity contribution is 9.10. The Bertz CT molecular complexity index is 581. The monoisotopic (exact) mass is 385 g/mol. The first-order valence-electron chi connectivity index (χ1n) is 7.02. The van der Waals surface area contributed by atoms with Crippen LogP contribution in [0, 0.1) is 0 Å². The van der Waals surface area contributed by atoms with E-state index in [9.17, 15) is 0 Å². The summed E-state index contributed by atoms with van der Waals surface area (Å²) in [5.41, 5.74) is 2.40. The molecule has 0 spiro atoms. The predicted octanol–water partition coefficient (Wildman–Crippen LogP) is 6.04. The molecule has 0 aromatic heterocycles.